The maximum absolute atomic E-state index is 10.6. The monoisotopic (exact) mass is 294 g/mol. The van der Waals surface area contributed by atoms with Crippen LogP contribution in [0.5, 0.6) is 5.75 Å². The number of para-hydroxylation sites is 1. The van der Waals surface area contributed by atoms with Gasteiger partial charge in [0, 0.05) is 6.08 Å². The van der Waals surface area contributed by atoms with E-state index in [1.807, 2.05) is 61.5 Å². The Kier molecular flexibility index (Phi) is 5.15. The highest BCUT2D eigenvalue weighted by atomic mass is 16.4. The van der Waals surface area contributed by atoms with Crippen LogP contribution in [-0.2, 0) is 11.2 Å². The number of aryl methyl sites for hydroxylation is 1. The molecule has 2 N–H and O–H groups in total. The summed E-state index contributed by atoms with van der Waals surface area (Å²) in [7, 11) is 0. The number of benzene rings is 2. The molecule has 0 bridgehead atoms. The molecule has 0 radical (unpaired) electrons. The van der Waals surface area contributed by atoms with Crippen LogP contribution >= 0.6 is 0 Å². The summed E-state index contributed by atoms with van der Waals surface area (Å²) in [5.41, 5.74) is 3.51. The van der Waals surface area contributed by atoms with Crippen molar-refractivity contribution in [1.29, 1.82) is 0 Å². The molecule has 0 aliphatic carbocycles. The Morgan fingerprint density at radius 1 is 1.05 bits per heavy atom. The standard InChI is InChI=1S/C19H18O3/c1-14-6-4-10-17(19(14)22)11-5-9-15-7-2-3-8-16(15)12-13-18(20)21/h2-10,12-13,22H,11H2,1H3,(H,20,21). The van der Waals surface area contributed by atoms with Crippen LogP contribution < -0.4 is 0 Å². The van der Waals surface area contributed by atoms with Crippen LogP contribution in [0.25, 0.3) is 12.2 Å². The zero-order valence-electron chi connectivity index (χ0n) is 12.4. The summed E-state index contributed by atoms with van der Waals surface area (Å²) in [6.07, 6.45) is 7.21. The molecule has 0 amide bonds. The van der Waals surface area contributed by atoms with E-state index in [0.717, 1.165) is 28.3 Å². The third-order valence-electron chi connectivity index (χ3n) is 3.36. The number of aliphatic carboxylic acids is 1. The van der Waals surface area contributed by atoms with Crippen molar-refractivity contribution in [3.05, 3.63) is 76.9 Å². The van der Waals surface area contributed by atoms with Gasteiger partial charge in [0.1, 0.15) is 5.75 Å². The predicted molar refractivity (Wildman–Crippen MR) is 88.7 cm³/mol. The van der Waals surface area contributed by atoms with Crippen LogP contribution in [0.4, 0.5) is 0 Å². The molecule has 2 aromatic rings. The average Bonchev–Trinajstić information content (AvgIpc) is 2.50. The fraction of sp³-hybridized carbons (Fsp3) is 0.105. The minimum Gasteiger partial charge on any atom is -0.507 e. The summed E-state index contributed by atoms with van der Waals surface area (Å²) >= 11 is 0. The van der Waals surface area contributed by atoms with Gasteiger partial charge in [-0.25, -0.2) is 4.79 Å². The second kappa shape index (κ2) is 7.27. The van der Waals surface area contributed by atoms with E-state index in [2.05, 4.69) is 0 Å². The van der Waals surface area contributed by atoms with E-state index in [1.165, 1.54) is 0 Å². The number of hydrogen-bond acceptors (Lipinski definition) is 2. The van der Waals surface area contributed by atoms with Crippen molar-refractivity contribution in [3.8, 4) is 5.75 Å². The van der Waals surface area contributed by atoms with E-state index >= 15 is 0 Å². The summed E-state index contributed by atoms with van der Waals surface area (Å²) < 4.78 is 0. The van der Waals surface area contributed by atoms with Gasteiger partial charge in [-0.05, 0) is 41.7 Å². The van der Waals surface area contributed by atoms with Gasteiger partial charge in [0.05, 0.1) is 0 Å². The number of allylic oxidation sites excluding steroid dienone is 1. The van der Waals surface area contributed by atoms with Crippen LogP contribution in [0.15, 0.2) is 54.6 Å². The van der Waals surface area contributed by atoms with Gasteiger partial charge in [-0.2, -0.15) is 0 Å². The van der Waals surface area contributed by atoms with Crippen molar-refractivity contribution < 1.29 is 15.0 Å². The Balaban J connectivity index is 2.17. The fourth-order valence-electron chi connectivity index (χ4n) is 2.17. The van der Waals surface area contributed by atoms with Crippen molar-refractivity contribution in [2.24, 2.45) is 0 Å². The number of rotatable bonds is 5. The lowest BCUT2D eigenvalue weighted by molar-refractivity contribution is -0.131. The SMILES string of the molecule is Cc1cccc(CC=Cc2ccccc2C=CC(=O)O)c1O. The van der Waals surface area contributed by atoms with Gasteiger partial charge in [0.25, 0.3) is 0 Å². The molecule has 0 saturated heterocycles. The fourth-order valence-corrected chi connectivity index (χ4v) is 2.17. The largest absolute Gasteiger partial charge is 0.507 e. The summed E-state index contributed by atoms with van der Waals surface area (Å²) in [5, 5.41) is 18.7. The topological polar surface area (TPSA) is 57.5 Å². The third kappa shape index (κ3) is 4.09. The summed E-state index contributed by atoms with van der Waals surface area (Å²) in [6, 6.07) is 13.2. The highest BCUT2D eigenvalue weighted by Crippen LogP contribution is 2.22. The quantitative estimate of drug-likeness (QED) is 0.818. The van der Waals surface area contributed by atoms with Crippen molar-refractivity contribution in [2.45, 2.75) is 13.3 Å². The minimum absolute atomic E-state index is 0.325. The Morgan fingerprint density at radius 2 is 1.73 bits per heavy atom. The first-order valence-electron chi connectivity index (χ1n) is 7.02. The summed E-state index contributed by atoms with van der Waals surface area (Å²) in [4.78, 5) is 10.6. The van der Waals surface area contributed by atoms with Crippen LogP contribution in [0.2, 0.25) is 0 Å². The van der Waals surface area contributed by atoms with E-state index in [0.29, 0.717) is 12.2 Å². The molecule has 0 saturated carbocycles. The van der Waals surface area contributed by atoms with Gasteiger partial charge in [-0.15, -0.1) is 0 Å². The molecule has 0 aliphatic rings. The van der Waals surface area contributed by atoms with Crippen LogP contribution in [0, 0.1) is 6.92 Å². The lowest BCUT2D eigenvalue weighted by atomic mass is 10.0. The summed E-state index contributed by atoms with van der Waals surface area (Å²) in [6.45, 7) is 1.87. The van der Waals surface area contributed by atoms with E-state index in [-0.39, 0.29) is 0 Å². The molecule has 3 nitrogen and oxygen atoms in total. The third-order valence-corrected chi connectivity index (χ3v) is 3.36. The van der Waals surface area contributed by atoms with Gasteiger partial charge in [0.15, 0.2) is 0 Å². The molecule has 0 heterocycles. The minimum atomic E-state index is -0.969. The molecule has 22 heavy (non-hydrogen) atoms. The summed E-state index contributed by atoms with van der Waals surface area (Å²) in [5.74, 6) is -0.644. The molecule has 2 rings (SSSR count). The van der Waals surface area contributed by atoms with Crippen LogP contribution in [0.3, 0.4) is 0 Å². The van der Waals surface area contributed by atoms with Crippen molar-refractivity contribution in [3.63, 3.8) is 0 Å². The molecule has 0 atom stereocenters. The second-order valence-electron chi connectivity index (χ2n) is 4.99. The first kappa shape index (κ1) is 15.6. The molecule has 0 aromatic heterocycles. The lowest BCUT2D eigenvalue weighted by Gasteiger charge is -2.04. The normalized spacial score (nSPS) is 11.3. The second-order valence-corrected chi connectivity index (χ2v) is 4.99. The highest BCUT2D eigenvalue weighted by molar-refractivity contribution is 5.86. The predicted octanol–water partition coefficient (Wildman–Crippen LogP) is 4.05. The molecule has 2 aromatic carbocycles. The van der Waals surface area contributed by atoms with Crippen molar-refractivity contribution in [1.82, 2.24) is 0 Å². The number of phenols is 1. The van der Waals surface area contributed by atoms with Gasteiger partial charge in [-0.3, -0.25) is 0 Å². The Hall–Kier alpha value is -2.81. The van der Waals surface area contributed by atoms with Gasteiger partial charge in [0.2, 0.25) is 0 Å². The number of phenolic OH excluding ortho intramolecular Hbond substituents is 1. The zero-order valence-corrected chi connectivity index (χ0v) is 12.4. The molecule has 0 unspecified atom stereocenters. The first-order chi connectivity index (χ1) is 10.6. The maximum Gasteiger partial charge on any atom is 0.328 e. The lowest BCUT2D eigenvalue weighted by Crippen LogP contribution is -1.87. The number of aromatic hydroxyl groups is 1. The number of carbonyl (C=O) groups is 1. The molecule has 112 valence electrons. The number of hydrogen-bond donors (Lipinski definition) is 2. The maximum atomic E-state index is 10.6. The van der Waals surface area contributed by atoms with Crippen LogP contribution in [0.1, 0.15) is 22.3 Å². The highest BCUT2D eigenvalue weighted by Gasteiger charge is 2.01. The van der Waals surface area contributed by atoms with Crippen LogP contribution in [-0.4, -0.2) is 16.2 Å². The Bertz CT molecular complexity index is 727. The zero-order chi connectivity index (χ0) is 15.9. The first-order valence-corrected chi connectivity index (χ1v) is 7.02. The molecule has 0 fully saturated rings. The van der Waals surface area contributed by atoms with Gasteiger partial charge in [-0.1, -0.05) is 54.6 Å². The number of carboxylic acid groups (broad SMARTS) is 1. The average molecular weight is 294 g/mol. The van der Waals surface area contributed by atoms with E-state index in [4.69, 9.17) is 5.11 Å². The number of carboxylic acids is 1. The molecular weight excluding hydrogens is 276 g/mol. The van der Waals surface area contributed by atoms with Crippen molar-refractivity contribution >= 4 is 18.1 Å². The van der Waals surface area contributed by atoms with Gasteiger partial charge >= 0.3 is 5.97 Å². The molecule has 3 heteroatoms. The molecular formula is C19H18O3. The smallest absolute Gasteiger partial charge is 0.328 e. The van der Waals surface area contributed by atoms with E-state index in [9.17, 15) is 9.90 Å². The van der Waals surface area contributed by atoms with E-state index < -0.39 is 5.97 Å². The van der Waals surface area contributed by atoms with Crippen molar-refractivity contribution in [2.75, 3.05) is 0 Å². The molecule has 0 aliphatic heterocycles. The Morgan fingerprint density at radius 3 is 2.41 bits per heavy atom. The Labute approximate surface area is 129 Å². The van der Waals surface area contributed by atoms with Gasteiger partial charge < -0.3 is 10.2 Å². The molecule has 0 spiro atoms. The van der Waals surface area contributed by atoms with E-state index in [1.54, 1.807) is 6.08 Å².